The monoisotopic (exact) mass is 276 g/mol. The van der Waals surface area contributed by atoms with Gasteiger partial charge in [-0.2, -0.15) is 0 Å². The summed E-state index contributed by atoms with van der Waals surface area (Å²) >= 11 is 6.03. The molecule has 2 rings (SSSR count). The predicted molar refractivity (Wildman–Crippen MR) is 75.3 cm³/mol. The fourth-order valence-electron chi connectivity index (χ4n) is 1.72. The van der Waals surface area contributed by atoms with Gasteiger partial charge in [0.2, 0.25) is 0 Å². The maximum atomic E-state index is 10.8. The van der Waals surface area contributed by atoms with Gasteiger partial charge in [-0.25, -0.2) is 9.78 Å². The summed E-state index contributed by atoms with van der Waals surface area (Å²) in [4.78, 5) is 14.9. The van der Waals surface area contributed by atoms with Gasteiger partial charge in [-0.05, 0) is 24.1 Å². The molecule has 0 amide bonds. The van der Waals surface area contributed by atoms with E-state index in [1.807, 2.05) is 24.3 Å². The minimum atomic E-state index is -1.05. The smallest absolute Gasteiger partial charge is 0.337 e. The zero-order valence-corrected chi connectivity index (χ0v) is 11.1. The number of aryl methyl sites for hydroxylation is 1. The van der Waals surface area contributed by atoms with Gasteiger partial charge in [-0.15, -0.1) is 0 Å². The van der Waals surface area contributed by atoms with Gasteiger partial charge in [0.15, 0.2) is 0 Å². The highest BCUT2D eigenvalue weighted by atomic mass is 35.5. The Morgan fingerprint density at radius 3 is 2.79 bits per heavy atom. The number of benzene rings is 1. The molecule has 1 aromatic carbocycles. The number of carbonyl (C=O) groups is 1. The molecule has 4 nitrogen and oxygen atoms in total. The van der Waals surface area contributed by atoms with Gasteiger partial charge in [0.05, 0.1) is 10.6 Å². The maximum Gasteiger partial charge on any atom is 0.337 e. The number of nitrogens with zero attached hydrogens (tertiary/aromatic N) is 1. The summed E-state index contributed by atoms with van der Waals surface area (Å²) in [6.07, 6.45) is 2.17. The van der Waals surface area contributed by atoms with Crippen LogP contribution in [0.25, 0.3) is 0 Å². The third kappa shape index (κ3) is 3.03. The first-order chi connectivity index (χ1) is 9.11. The van der Waals surface area contributed by atoms with Gasteiger partial charge in [-0.1, -0.05) is 36.7 Å². The van der Waals surface area contributed by atoms with E-state index in [4.69, 9.17) is 16.7 Å². The summed E-state index contributed by atoms with van der Waals surface area (Å²) < 4.78 is 0. The van der Waals surface area contributed by atoms with Crippen LogP contribution in [0.3, 0.4) is 0 Å². The molecular weight excluding hydrogens is 264 g/mol. The van der Waals surface area contributed by atoms with E-state index in [2.05, 4.69) is 17.2 Å². The molecule has 19 heavy (non-hydrogen) atoms. The number of anilines is 2. The van der Waals surface area contributed by atoms with Crippen molar-refractivity contribution in [1.29, 1.82) is 0 Å². The Balaban J connectivity index is 2.31. The third-order valence-electron chi connectivity index (χ3n) is 2.74. The van der Waals surface area contributed by atoms with Crippen LogP contribution in [0.15, 0.2) is 36.5 Å². The van der Waals surface area contributed by atoms with Crippen molar-refractivity contribution in [1.82, 2.24) is 4.98 Å². The Morgan fingerprint density at radius 2 is 2.16 bits per heavy atom. The lowest BCUT2D eigenvalue weighted by atomic mass is 10.1. The summed E-state index contributed by atoms with van der Waals surface area (Å²) in [5.41, 5.74) is 2.13. The van der Waals surface area contributed by atoms with Gasteiger partial charge in [-0.3, -0.25) is 0 Å². The lowest BCUT2D eigenvalue weighted by Crippen LogP contribution is -2.01. The van der Waals surface area contributed by atoms with E-state index in [0.717, 1.165) is 17.7 Å². The SMILES string of the molecule is CCc1ccccc1Nc1ncc(C(=O)O)cc1Cl. The first-order valence-electron chi connectivity index (χ1n) is 5.85. The Labute approximate surface area is 116 Å². The molecule has 0 spiro atoms. The van der Waals surface area contributed by atoms with Crippen LogP contribution in [0, 0.1) is 0 Å². The number of carboxylic acids is 1. The van der Waals surface area contributed by atoms with Crippen molar-refractivity contribution in [3.8, 4) is 0 Å². The number of rotatable bonds is 4. The second-order valence-corrected chi connectivity index (χ2v) is 4.40. The fraction of sp³-hybridized carbons (Fsp3) is 0.143. The van der Waals surface area contributed by atoms with Crippen molar-refractivity contribution in [2.75, 3.05) is 5.32 Å². The van der Waals surface area contributed by atoms with E-state index >= 15 is 0 Å². The second kappa shape index (κ2) is 5.71. The number of pyridine rings is 1. The van der Waals surface area contributed by atoms with Gasteiger partial charge < -0.3 is 10.4 Å². The third-order valence-corrected chi connectivity index (χ3v) is 3.03. The highest BCUT2D eigenvalue weighted by Gasteiger charge is 2.09. The van der Waals surface area contributed by atoms with Gasteiger partial charge in [0.1, 0.15) is 5.82 Å². The lowest BCUT2D eigenvalue weighted by molar-refractivity contribution is 0.0696. The number of hydrogen-bond acceptors (Lipinski definition) is 3. The van der Waals surface area contributed by atoms with Gasteiger partial charge in [0, 0.05) is 11.9 Å². The average molecular weight is 277 g/mol. The number of hydrogen-bond donors (Lipinski definition) is 2. The molecule has 0 unspecified atom stereocenters. The second-order valence-electron chi connectivity index (χ2n) is 4.00. The van der Waals surface area contributed by atoms with Crippen molar-refractivity contribution in [2.45, 2.75) is 13.3 Å². The van der Waals surface area contributed by atoms with Crippen molar-refractivity contribution >= 4 is 29.1 Å². The first kappa shape index (κ1) is 13.4. The molecule has 98 valence electrons. The fourth-order valence-corrected chi connectivity index (χ4v) is 1.94. The van der Waals surface area contributed by atoms with Gasteiger partial charge >= 0.3 is 5.97 Å². The van der Waals surface area contributed by atoms with Crippen LogP contribution >= 0.6 is 11.6 Å². The molecule has 0 atom stereocenters. The van der Waals surface area contributed by atoms with E-state index in [0.29, 0.717) is 5.82 Å². The first-order valence-corrected chi connectivity index (χ1v) is 6.23. The summed E-state index contributed by atoms with van der Waals surface area (Å²) in [5.74, 6) is -0.595. The Bertz CT molecular complexity index is 614. The Morgan fingerprint density at radius 1 is 1.42 bits per heavy atom. The maximum absolute atomic E-state index is 10.8. The highest BCUT2D eigenvalue weighted by molar-refractivity contribution is 6.33. The number of halogens is 1. The van der Waals surface area contributed by atoms with Crippen molar-refractivity contribution in [3.63, 3.8) is 0 Å². The standard InChI is InChI=1S/C14H13ClN2O2/c1-2-9-5-3-4-6-12(9)17-13-11(15)7-10(8-16-13)14(18)19/h3-8H,2H2,1H3,(H,16,17)(H,18,19). The summed E-state index contributed by atoms with van der Waals surface area (Å²) in [6, 6.07) is 9.21. The minimum Gasteiger partial charge on any atom is -0.478 e. The number of carboxylic acid groups (broad SMARTS) is 1. The Hall–Kier alpha value is -2.07. The number of aromatic carboxylic acids is 1. The molecule has 0 saturated heterocycles. The zero-order valence-electron chi connectivity index (χ0n) is 10.4. The molecular formula is C14H13ClN2O2. The van der Waals surface area contributed by atoms with E-state index in [1.54, 1.807) is 0 Å². The molecule has 0 aliphatic rings. The molecule has 0 aliphatic carbocycles. The van der Waals surface area contributed by atoms with Crippen LogP contribution < -0.4 is 5.32 Å². The molecule has 2 N–H and O–H groups in total. The molecule has 5 heteroatoms. The Kier molecular flexibility index (Phi) is 4.02. The molecule has 0 bridgehead atoms. The van der Waals surface area contributed by atoms with Crippen LogP contribution in [-0.4, -0.2) is 16.1 Å². The summed E-state index contributed by atoms with van der Waals surface area (Å²) in [7, 11) is 0. The average Bonchev–Trinajstić information content (AvgIpc) is 2.41. The van der Waals surface area contributed by atoms with E-state index in [-0.39, 0.29) is 10.6 Å². The zero-order chi connectivity index (χ0) is 13.8. The van der Waals surface area contributed by atoms with Gasteiger partial charge in [0.25, 0.3) is 0 Å². The number of nitrogens with one attached hydrogen (secondary N) is 1. The van der Waals surface area contributed by atoms with E-state index in [1.165, 1.54) is 12.3 Å². The lowest BCUT2D eigenvalue weighted by Gasteiger charge is -2.11. The predicted octanol–water partition coefficient (Wildman–Crippen LogP) is 3.74. The summed E-state index contributed by atoms with van der Waals surface area (Å²) in [6.45, 7) is 2.06. The molecule has 0 fully saturated rings. The highest BCUT2D eigenvalue weighted by Crippen LogP contribution is 2.26. The molecule has 1 heterocycles. The minimum absolute atomic E-state index is 0.0688. The van der Waals surface area contributed by atoms with E-state index < -0.39 is 5.97 Å². The normalized spacial score (nSPS) is 10.2. The van der Waals surface area contributed by atoms with Crippen LogP contribution in [0.2, 0.25) is 5.02 Å². The molecule has 0 aliphatic heterocycles. The quantitative estimate of drug-likeness (QED) is 0.893. The number of para-hydroxylation sites is 1. The van der Waals surface area contributed by atoms with Crippen molar-refractivity contribution in [3.05, 3.63) is 52.7 Å². The van der Waals surface area contributed by atoms with Crippen LogP contribution in [0.4, 0.5) is 11.5 Å². The van der Waals surface area contributed by atoms with Crippen LogP contribution in [0.5, 0.6) is 0 Å². The van der Waals surface area contributed by atoms with E-state index in [9.17, 15) is 4.79 Å². The van der Waals surface area contributed by atoms with Crippen molar-refractivity contribution in [2.24, 2.45) is 0 Å². The summed E-state index contributed by atoms with van der Waals surface area (Å²) in [5, 5.41) is 12.3. The van der Waals surface area contributed by atoms with Crippen molar-refractivity contribution < 1.29 is 9.90 Å². The molecule has 1 aromatic heterocycles. The van der Waals surface area contributed by atoms with Crippen LogP contribution in [0.1, 0.15) is 22.8 Å². The van der Waals surface area contributed by atoms with Crippen LogP contribution in [-0.2, 0) is 6.42 Å². The molecule has 2 aromatic rings. The topological polar surface area (TPSA) is 62.2 Å². The number of aromatic nitrogens is 1. The largest absolute Gasteiger partial charge is 0.478 e. The molecule has 0 radical (unpaired) electrons. The molecule has 0 saturated carbocycles.